The SMILES string of the molecule is CNC(c1cc(C)c(C)cc1OC)C(C)CCN. The molecule has 2 unspecified atom stereocenters. The summed E-state index contributed by atoms with van der Waals surface area (Å²) in [6.07, 6.45) is 1.00. The van der Waals surface area contributed by atoms with Crippen LogP contribution < -0.4 is 15.8 Å². The smallest absolute Gasteiger partial charge is 0.123 e. The Morgan fingerprint density at radius 2 is 1.89 bits per heavy atom. The highest BCUT2D eigenvalue weighted by Crippen LogP contribution is 2.33. The van der Waals surface area contributed by atoms with E-state index in [-0.39, 0.29) is 6.04 Å². The number of methoxy groups -OCH3 is 1. The second-order valence-electron chi connectivity index (χ2n) is 5.00. The Bertz CT molecular complexity index is 390. The number of nitrogens with two attached hydrogens (primary N) is 1. The van der Waals surface area contributed by atoms with Gasteiger partial charge in [-0.1, -0.05) is 13.0 Å². The first-order valence-electron chi connectivity index (χ1n) is 6.57. The van der Waals surface area contributed by atoms with E-state index in [1.807, 2.05) is 7.05 Å². The van der Waals surface area contributed by atoms with Gasteiger partial charge >= 0.3 is 0 Å². The maximum Gasteiger partial charge on any atom is 0.123 e. The number of hydrogen-bond acceptors (Lipinski definition) is 3. The molecule has 0 aliphatic rings. The molecule has 1 aromatic rings. The maximum absolute atomic E-state index is 5.67. The minimum absolute atomic E-state index is 0.280. The molecule has 0 saturated carbocycles. The Morgan fingerprint density at radius 1 is 1.28 bits per heavy atom. The van der Waals surface area contributed by atoms with Gasteiger partial charge in [-0.2, -0.15) is 0 Å². The molecule has 0 aromatic heterocycles. The molecule has 0 fully saturated rings. The topological polar surface area (TPSA) is 47.3 Å². The predicted molar refractivity (Wildman–Crippen MR) is 77.1 cm³/mol. The predicted octanol–water partition coefficient (Wildman–Crippen LogP) is 2.56. The highest BCUT2D eigenvalue weighted by Gasteiger charge is 2.21. The lowest BCUT2D eigenvalue weighted by Gasteiger charge is -2.26. The van der Waals surface area contributed by atoms with Crippen molar-refractivity contribution in [2.75, 3.05) is 20.7 Å². The van der Waals surface area contributed by atoms with Gasteiger partial charge in [0.05, 0.1) is 7.11 Å². The van der Waals surface area contributed by atoms with Crippen molar-refractivity contribution in [2.45, 2.75) is 33.2 Å². The van der Waals surface area contributed by atoms with Gasteiger partial charge in [-0.05, 0) is 57.0 Å². The molecule has 0 amide bonds. The number of rotatable bonds is 6. The van der Waals surface area contributed by atoms with Crippen LogP contribution in [0.4, 0.5) is 0 Å². The Kier molecular flexibility index (Phi) is 5.63. The van der Waals surface area contributed by atoms with Crippen molar-refractivity contribution >= 4 is 0 Å². The van der Waals surface area contributed by atoms with Crippen LogP contribution in [0, 0.1) is 19.8 Å². The van der Waals surface area contributed by atoms with Crippen LogP contribution in [0.5, 0.6) is 5.75 Å². The lowest BCUT2D eigenvalue weighted by atomic mass is 9.89. The fourth-order valence-corrected chi connectivity index (χ4v) is 2.41. The molecule has 0 bridgehead atoms. The number of benzene rings is 1. The molecule has 0 radical (unpaired) electrons. The molecule has 1 aromatic carbocycles. The molecular weight excluding hydrogens is 224 g/mol. The Labute approximate surface area is 111 Å². The van der Waals surface area contributed by atoms with Gasteiger partial charge in [-0.3, -0.25) is 0 Å². The first-order valence-corrected chi connectivity index (χ1v) is 6.57. The van der Waals surface area contributed by atoms with Gasteiger partial charge in [0.2, 0.25) is 0 Å². The van der Waals surface area contributed by atoms with E-state index < -0.39 is 0 Å². The van der Waals surface area contributed by atoms with Crippen molar-refractivity contribution in [2.24, 2.45) is 11.7 Å². The second kappa shape index (κ2) is 6.76. The van der Waals surface area contributed by atoms with Gasteiger partial charge in [0.15, 0.2) is 0 Å². The molecule has 18 heavy (non-hydrogen) atoms. The summed E-state index contributed by atoms with van der Waals surface area (Å²) in [6.45, 7) is 7.19. The average Bonchev–Trinajstić information content (AvgIpc) is 2.34. The summed E-state index contributed by atoms with van der Waals surface area (Å²) in [4.78, 5) is 0. The fraction of sp³-hybridized carbons (Fsp3) is 0.600. The molecule has 3 nitrogen and oxygen atoms in total. The van der Waals surface area contributed by atoms with Gasteiger partial charge in [0.25, 0.3) is 0 Å². The molecule has 0 saturated heterocycles. The molecule has 0 spiro atoms. The van der Waals surface area contributed by atoms with Crippen LogP contribution in [0.2, 0.25) is 0 Å². The van der Waals surface area contributed by atoms with E-state index in [9.17, 15) is 0 Å². The minimum Gasteiger partial charge on any atom is -0.496 e. The summed E-state index contributed by atoms with van der Waals surface area (Å²) in [5.41, 5.74) is 9.45. The van der Waals surface area contributed by atoms with Crippen molar-refractivity contribution in [3.8, 4) is 5.75 Å². The van der Waals surface area contributed by atoms with Crippen LogP contribution in [-0.4, -0.2) is 20.7 Å². The highest BCUT2D eigenvalue weighted by atomic mass is 16.5. The van der Waals surface area contributed by atoms with E-state index >= 15 is 0 Å². The third kappa shape index (κ3) is 3.24. The molecule has 0 aliphatic heterocycles. The van der Waals surface area contributed by atoms with Crippen LogP contribution in [0.3, 0.4) is 0 Å². The van der Waals surface area contributed by atoms with Crippen LogP contribution >= 0.6 is 0 Å². The summed E-state index contributed by atoms with van der Waals surface area (Å²) >= 11 is 0. The van der Waals surface area contributed by atoms with E-state index in [1.54, 1.807) is 7.11 Å². The largest absolute Gasteiger partial charge is 0.496 e. The summed E-state index contributed by atoms with van der Waals surface area (Å²) < 4.78 is 5.52. The lowest BCUT2D eigenvalue weighted by Crippen LogP contribution is -2.26. The van der Waals surface area contributed by atoms with Crippen molar-refractivity contribution in [3.63, 3.8) is 0 Å². The standard InChI is InChI=1S/C15H26N2O/c1-10(6-7-16)15(17-4)13-8-11(2)12(3)9-14(13)18-5/h8-10,15,17H,6-7,16H2,1-5H3. The zero-order valence-electron chi connectivity index (χ0n) is 12.2. The Morgan fingerprint density at radius 3 is 2.39 bits per heavy atom. The van der Waals surface area contributed by atoms with Crippen LogP contribution in [-0.2, 0) is 0 Å². The van der Waals surface area contributed by atoms with E-state index in [1.165, 1.54) is 16.7 Å². The monoisotopic (exact) mass is 250 g/mol. The zero-order chi connectivity index (χ0) is 13.7. The van der Waals surface area contributed by atoms with Crippen molar-refractivity contribution < 1.29 is 4.74 Å². The highest BCUT2D eigenvalue weighted by molar-refractivity contribution is 5.43. The van der Waals surface area contributed by atoms with E-state index in [0.717, 1.165) is 12.2 Å². The van der Waals surface area contributed by atoms with Crippen LogP contribution in [0.1, 0.15) is 36.1 Å². The Hall–Kier alpha value is -1.06. The van der Waals surface area contributed by atoms with Gasteiger partial charge in [-0.25, -0.2) is 0 Å². The molecule has 1 rings (SSSR count). The molecule has 0 aliphatic carbocycles. The van der Waals surface area contributed by atoms with Crippen molar-refractivity contribution in [1.82, 2.24) is 5.32 Å². The fourth-order valence-electron chi connectivity index (χ4n) is 2.41. The molecule has 3 N–H and O–H groups in total. The third-order valence-electron chi connectivity index (χ3n) is 3.68. The maximum atomic E-state index is 5.67. The average molecular weight is 250 g/mol. The van der Waals surface area contributed by atoms with Gasteiger partial charge in [0, 0.05) is 11.6 Å². The summed E-state index contributed by atoms with van der Waals surface area (Å²) in [7, 11) is 3.72. The first-order chi connectivity index (χ1) is 8.54. The summed E-state index contributed by atoms with van der Waals surface area (Å²) in [5, 5.41) is 3.39. The molecule has 3 heteroatoms. The third-order valence-corrected chi connectivity index (χ3v) is 3.68. The van der Waals surface area contributed by atoms with Gasteiger partial charge < -0.3 is 15.8 Å². The Balaban J connectivity index is 3.15. The van der Waals surface area contributed by atoms with Crippen molar-refractivity contribution in [3.05, 3.63) is 28.8 Å². The normalized spacial score (nSPS) is 14.3. The minimum atomic E-state index is 0.280. The first kappa shape index (κ1) is 15.0. The van der Waals surface area contributed by atoms with Gasteiger partial charge in [-0.15, -0.1) is 0 Å². The van der Waals surface area contributed by atoms with Crippen LogP contribution in [0.15, 0.2) is 12.1 Å². The molecular formula is C15H26N2O. The summed E-state index contributed by atoms with van der Waals surface area (Å²) in [6, 6.07) is 4.62. The number of ether oxygens (including phenoxy) is 1. The number of nitrogens with one attached hydrogen (secondary N) is 1. The van der Waals surface area contributed by atoms with E-state index in [2.05, 4.69) is 38.2 Å². The molecule has 0 heterocycles. The number of aryl methyl sites for hydroxylation is 2. The molecule has 102 valence electrons. The van der Waals surface area contributed by atoms with Gasteiger partial charge in [0.1, 0.15) is 5.75 Å². The number of hydrogen-bond donors (Lipinski definition) is 2. The molecule has 2 atom stereocenters. The van der Waals surface area contributed by atoms with E-state index in [4.69, 9.17) is 10.5 Å². The van der Waals surface area contributed by atoms with Crippen LogP contribution in [0.25, 0.3) is 0 Å². The zero-order valence-corrected chi connectivity index (χ0v) is 12.2. The quantitative estimate of drug-likeness (QED) is 0.815. The van der Waals surface area contributed by atoms with E-state index in [0.29, 0.717) is 12.5 Å². The lowest BCUT2D eigenvalue weighted by molar-refractivity contribution is 0.360. The second-order valence-corrected chi connectivity index (χ2v) is 5.00. The van der Waals surface area contributed by atoms with Crippen molar-refractivity contribution in [1.29, 1.82) is 0 Å². The summed E-state index contributed by atoms with van der Waals surface area (Å²) in [5.74, 6) is 1.44.